The van der Waals surface area contributed by atoms with E-state index in [-0.39, 0.29) is 17.7 Å². The first-order valence-corrected chi connectivity index (χ1v) is 7.75. The fourth-order valence-corrected chi connectivity index (χ4v) is 2.59. The first-order valence-electron chi connectivity index (χ1n) is 6.67. The molecule has 0 aliphatic rings. The summed E-state index contributed by atoms with van der Waals surface area (Å²) in [5.74, 6) is -0.532. The van der Waals surface area contributed by atoms with Crippen LogP contribution in [0.4, 0.5) is 13.2 Å². The molecule has 122 valence electrons. The van der Waals surface area contributed by atoms with Crippen LogP contribution in [-0.2, 0) is 0 Å². The lowest BCUT2D eigenvalue weighted by atomic mass is 10.1. The minimum absolute atomic E-state index is 0.238. The second kappa shape index (κ2) is 7.20. The van der Waals surface area contributed by atoms with Gasteiger partial charge in [-0.25, -0.2) is 0 Å². The van der Waals surface area contributed by atoms with E-state index in [1.165, 1.54) is 24.3 Å². The zero-order valence-electron chi connectivity index (χ0n) is 12.0. The zero-order valence-corrected chi connectivity index (χ0v) is 14.2. The highest BCUT2D eigenvalue weighted by molar-refractivity contribution is 14.1. The molecule has 0 fully saturated rings. The van der Waals surface area contributed by atoms with E-state index in [2.05, 4.69) is 32.6 Å². The quantitative estimate of drug-likeness (QED) is 0.709. The molecule has 0 aliphatic carbocycles. The monoisotopic (exact) mass is 435 g/mol. The average Bonchev–Trinajstić information content (AvgIpc) is 2.46. The van der Waals surface area contributed by atoms with E-state index in [0.29, 0.717) is 11.1 Å². The van der Waals surface area contributed by atoms with Crippen molar-refractivity contribution in [2.75, 3.05) is 0 Å². The molecule has 2 aromatic carbocycles. The highest BCUT2D eigenvalue weighted by Crippen LogP contribution is 2.24. The van der Waals surface area contributed by atoms with Crippen LogP contribution >= 0.6 is 22.6 Å². The molecule has 0 aliphatic heterocycles. The largest absolute Gasteiger partial charge is 0.573 e. The van der Waals surface area contributed by atoms with Gasteiger partial charge in [-0.3, -0.25) is 4.79 Å². The number of nitrogens with one attached hydrogen (secondary N) is 1. The van der Waals surface area contributed by atoms with Gasteiger partial charge in [0.2, 0.25) is 0 Å². The Morgan fingerprint density at radius 2 is 1.74 bits per heavy atom. The summed E-state index contributed by atoms with van der Waals surface area (Å²) in [6.07, 6.45) is -4.72. The van der Waals surface area contributed by atoms with E-state index < -0.39 is 6.36 Å². The lowest BCUT2D eigenvalue weighted by molar-refractivity contribution is -0.274. The van der Waals surface area contributed by atoms with Crippen LogP contribution in [-0.4, -0.2) is 12.3 Å². The van der Waals surface area contributed by atoms with Crippen LogP contribution < -0.4 is 10.1 Å². The molecule has 1 N–H and O–H groups in total. The summed E-state index contributed by atoms with van der Waals surface area (Å²) < 4.78 is 41.0. The number of rotatable bonds is 4. The first-order chi connectivity index (χ1) is 10.8. The summed E-state index contributed by atoms with van der Waals surface area (Å²) in [4.78, 5) is 12.2. The molecule has 0 saturated carbocycles. The summed E-state index contributed by atoms with van der Waals surface area (Å²) in [5.41, 5.74) is 1.23. The molecule has 3 nitrogen and oxygen atoms in total. The molecule has 0 bridgehead atoms. The van der Waals surface area contributed by atoms with E-state index in [1.54, 1.807) is 19.1 Å². The highest BCUT2D eigenvalue weighted by Gasteiger charge is 2.31. The molecule has 0 radical (unpaired) electrons. The molecule has 7 heteroatoms. The van der Waals surface area contributed by atoms with Crippen LogP contribution in [0.2, 0.25) is 0 Å². The number of benzene rings is 2. The van der Waals surface area contributed by atoms with Gasteiger partial charge in [0.1, 0.15) is 5.75 Å². The standard InChI is InChI=1S/C16H13F3INO2/c1-10(21-15(22)13-4-2-3-5-14(13)20)11-6-8-12(9-7-11)23-16(17,18)19/h2-10H,1H3,(H,21,22). The average molecular weight is 435 g/mol. The third-order valence-corrected chi connectivity index (χ3v) is 4.02. The summed E-state index contributed by atoms with van der Waals surface area (Å²) in [7, 11) is 0. The van der Waals surface area contributed by atoms with Gasteiger partial charge in [-0.15, -0.1) is 13.2 Å². The minimum Gasteiger partial charge on any atom is -0.406 e. The second-order valence-electron chi connectivity index (χ2n) is 4.79. The molecular formula is C16H13F3INO2. The first kappa shape index (κ1) is 17.6. The molecule has 1 atom stereocenters. The van der Waals surface area contributed by atoms with Gasteiger partial charge in [-0.05, 0) is 59.3 Å². The van der Waals surface area contributed by atoms with Crippen molar-refractivity contribution in [3.8, 4) is 5.75 Å². The van der Waals surface area contributed by atoms with Crippen molar-refractivity contribution in [1.82, 2.24) is 5.32 Å². The molecule has 1 amide bonds. The molecule has 2 rings (SSSR count). The second-order valence-corrected chi connectivity index (χ2v) is 5.95. The van der Waals surface area contributed by atoms with Crippen molar-refractivity contribution in [1.29, 1.82) is 0 Å². The van der Waals surface area contributed by atoms with E-state index in [0.717, 1.165) is 3.57 Å². The van der Waals surface area contributed by atoms with Gasteiger partial charge in [-0.1, -0.05) is 24.3 Å². The van der Waals surface area contributed by atoms with Crippen LogP contribution in [0.25, 0.3) is 0 Å². The number of carbonyl (C=O) groups is 1. The molecule has 2 aromatic rings. The van der Waals surface area contributed by atoms with Crippen molar-refractivity contribution in [3.63, 3.8) is 0 Å². The molecule has 1 unspecified atom stereocenters. The van der Waals surface area contributed by atoms with Gasteiger partial charge in [0.25, 0.3) is 5.91 Å². The van der Waals surface area contributed by atoms with Crippen molar-refractivity contribution < 1.29 is 22.7 Å². The van der Waals surface area contributed by atoms with Crippen molar-refractivity contribution in [3.05, 3.63) is 63.2 Å². The number of hydrogen-bond donors (Lipinski definition) is 1. The number of hydrogen-bond acceptors (Lipinski definition) is 2. The van der Waals surface area contributed by atoms with Gasteiger partial charge in [-0.2, -0.15) is 0 Å². The maximum absolute atomic E-state index is 12.2. The van der Waals surface area contributed by atoms with E-state index in [4.69, 9.17) is 0 Å². The Hall–Kier alpha value is -1.77. The van der Waals surface area contributed by atoms with Gasteiger partial charge in [0.15, 0.2) is 0 Å². The molecule has 0 spiro atoms. The molecule has 23 heavy (non-hydrogen) atoms. The number of carbonyl (C=O) groups excluding carboxylic acids is 1. The highest BCUT2D eigenvalue weighted by atomic mass is 127. The van der Waals surface area contributed by atoms with Crippen molar-refractivity contribution in [2.45, 2.75) is 19.3 Å². The van der Waals surface area contributed by atoms with E-state index >= 15 is 0 Å². The summed E-state index contributed by atoms with van der Waals surface area (Å²) in [6, 6.07) is 12.2. The van der Waals surface area contributed by atoms with Gasteiger partial charge < -0.3 is 10.1 Å². The molecule has 0 heterocycles. The van der Waals surface area contributed by atoms with Crippen LogP contribution in [0.15, 0.2) is 48.5 Å². The van der Waals surface area contributed by atoms with Crippen LogP contribution in [0, 0.1) is 3.57 Å². The Morgan fingerprint density at radius 3 is 2.30 bits per heavy atom. The summed E-state index contributed by atoms with van der Waals surface area (Å²) in [6.45, 7) is 1.76. The third kappa shape index (κ3) is 5.12. The zero-order chi connectivity index (χ0) is 17.0. The van der Waals surface area contributed by atoms with E-state index in [1.807, 2.05) is 12.1 Å². The van der Waals surface area contributed by atoms with Gasteiger partial charge >= 0.3 is 6.36 Å². The summed E-state index contributed by atoms with van der Waals surface area (Å²) in [5, 5.41) is 2.81. The lowest BCUT2D eigenvalue weighted by Gasteiger charge is -2.16. The predicted molar refractivity (Wildman–Crippen MR) is 88.2 cm³/mol. The SMILES string of the molecule is CC(NC(=O)c1ccccc1I)c1ccc(OC(F)(F)F)cc1. The smallest absolute Gasteiger partial charge is 0.406 e. The Kier molecular flexibility index (Phi) is 5.51. The minimum atomic E-state index is -4.72. The number of ether oxygens (including phenoxy) is 1. The van der Waals surface area contributed by atoms with Gasteiger partial charge in [0.05, 0.1) is 11.6 Å². The van der Waals surface area contributed by atoms with Gasteiger partial charge in [0, 0.05) is 3.57 Å². The number of amides is 1. The van der Waals surface area contributed by atoms with Crippen LogP contribution in [0.5, 0.6) is 5.75 Å². The Balaban J connectivity index is 2.05. The normalized spacial score (nSPS) is 12.6. The van der Waals surface area contributed by atoms with E-state index in [9.17, 15) is 18.0 Å². The van der Waals surface area contributed by atoms with Crippen molar-refractivity contribution in [2.24, 2.45) is 0 Å². The third-order valence-electron chi connectivity index (χ3n) is 3.08. The molecule has 0 aromatic heterocycles. The molecule has 0 saturated heterocycles. The Bertz CT molecular complexity index is 686. The Labute approximate surface area is 145 Å². The molecular weight excluding hydrogens is 422 g/mol. The maximum atomic E-state index is 12.2. The number of alkyl halides is 3. The van der Waals surface area contributed by atoms with Crippen LogP contribution in [0.1, 0.15) is 28.9 Å². The predicted octanol–water partition coefficient (Wildman–Crippen LogP) is 4.68. The fourth-order valence-electron chi connectivity index (χ4n) is 1.96. The lowest BCUT2D eigenvalue weighted by Crippen LogP contribution is -2.27. The summed E-state index contributed by atoms with van der Waals surface area (Å²) >= 11 is 2.07. The topological polar surface area (TPSA) is 38.3 Å². The van der Waals surface area contributed by atoms with Crippen LogP contribution in [0.3, 0.4) is 0 Å². The van der Waals surface area contributed by atoms with Crippen molar-refractivity contribution >= 4 is 28.5 Å². The maximum Gasteiger partial charge on any atom is 0.573 e. The fraction of sp³-hybridized carbons (Fsp3) is 0.188. The number of halogens is 4. The Morgan fingerprint density at radius 1 is 1.13 bits per heavy atom.